The molecule has 4 heteroatoms. The summed E-state index contributed by atoms with van der Waals surface area (Å²) in [7, 11) is 0. The molecule has 2 bridgehead atoms. The van der Waals surface area contributed by atoms with Crippen molar-refractivity contribution in [1.29, 1.82) is 0 Å². The molecule has 1 amide bonds. The minimum Gasteiger partial charge on any atom is -0.361 e. The molecule has 4 nitrogen and oxygen atoms in total. The van der Waals surface area contributed by atoms with Crippen molar-refractivity contribution in [3.63, 3.8) is 0 Å². The van der Waals surface area contributed by atoms with Crippen molar-refractivity contribution in [2.24, 2.45) is 17.8 Å². The average molecular weight is 276 g/mol. The van der Waals surface area contributed by atoms with Crippen LogP contribution in [-0.2, 0) is 6.42 Å². The molecule has 3 rings (SSSR count). The number of aryl methyl sites for hydroxylation is 2. The zero-order chi connectivity index (χ0) is 14.3. The van der Waals surface area contributed by atoms with Gasteiger partial charge in [-0.15, -0.1) is 0 Å². The lowest BCUT2D eigenvalue weighted by Gasteiger charge is -2.28. The molecule has 1 aromatic rings. The Morgan fingerprint density at radius 3 is 2.85 bits per heavy atom. The Balaban J connectivity index is 1.68. The molecule has 1 heterocycles. The fraction of sp³-hybridized carbons (Fsp3) is 0.750. The Kier molecular flexibility index (Phi) is 3.57. The van der Waals surface area contributed by atoms with Crippen LogP contribution in [0.15, 0.2) is 4.52 Å². The van der Waals surface area contributed by atoms with Crippen LogP contribution < -0.4 is 5.32 Å². The van der Waals surface area contributed by atoms with Gasteiger partial charge in [-0.2, -0.15) is 0 Å². The number of amides is 1. The van der Waals surface area contributed by atoms with E-state index in [1.165, 1.54) is 25.7 Å². The molecular formula is C16H24N2O2. The van der Waals surface area contributed by atoms with Gasteiger partial charge < -0.3 is 9.84 Å². The van der Waals surface area contributed by atoms with E-state index >= 15 is 0 Å². The van der Waals surface area contributed by atoms with Crippen LogP contribution in [0.5, 0.6) is 0 Å². The van der Waals surface area contributed by atoms with Crippen molar-refractivity contribution >= 4 is 5.91 Å². The van der Waals surface area contributed by atoms with Crippen LogP contribution in [0.4, 0.5) is 0 Å². The topological polar surface area (TPSA) is 55.1 Å². The standard InChI is InChI=1S/C16H24N2O2/c1-4-14-15(10(3)20-18-14)16(19)17-9(2)13-8-11-5-6-12(13)7-11/h9,11-13H,4-8H2,1-3H3,(H,17,19)/t9-,11-,12+,13+/m1/s1. The lowest BCUT2D eigenvalue weighted by Crippen LogP contribution is -2.40. The van der Waals surface area contributed by atoms with E-state index in [1.807, 2.05) is 13.8 Å². The van der Waals surface area contributed by atoms with E-state index in [1.54, 1.807) is 0 Å². The summed E-state index contributed by atoms with van der Waals surface area (Å²) in [5.41, 5.74) is 1.41. The monoisotopic (exact) mass is 276 g/mol. The Morgan fingerprint density at radius 1 is 1.45 bits per heavy atom. The van der Waals surface area contributed by atoms with Gasteiger partial charge in [0, 0.05) is 6.04 Å². The van der Waals surface area contributed by atoms with Gasteiger partial charge >= 0.3 is 0 Å². The second-order valence-corrected chi connectivity index (χ2v) is 6.51. The van der Waals surface area contributed by atoms with Crippen LogP contribution >= 0.6 is 0 Å². The summed E-state index contributed by atoms with van der Waals surface area (Å²) in [4.78, 5) is 12.5. The van der Waals surface area contributed by atoms with Gasteiger partial charge in [-0.25, -0.2) is 0 Å². The van der Waals surface area contributed by atoms with Crippen LogP contribution in [0.3, 0.4) is 0 Å². The first kappa shape index (κ1) is 13.7. The Morgan fingerprint density at radius 2 is 2.25 bits per heavy atom. The maximum atomic E-state index is 12.5. The van der Waals surface area contributed by atoms with Gasteiger partial charge in [0.15, 0.2) is 0 Å². The highest BCUT2D eigenvalue weighted by molar-refractivity contribution is 5.96. The van der Waals surface area contributed by atoms with Crippen molar-refractivity contribution in [1.82, 2.24) is 10.5 Å². The summed E-state index contributed by atoms with van der Waals surface area (Å²) in [6.45, 7) is 5.95. The van der Waals surface area contributed by atoms with Gasteiger partial charge in [0.2, 0.25) is 0 Å². The third kappa shape index (κ3) is 2.25. The zero-order valence-electron chi connectivity index (χ0n) is 12.6. The van der Waals surface area contributed by atoms with E-state index in [-0.39, 0.29) is 11.9 Å². The SMILES string of the molecule is CCc1noc(C)c1C(=O)N[C@H](C)[C@@H]1C[C@@H]2CC[C@H]1C2. The van der Waals surface area contributed by atoms with Crippen molar-refractivity contribution in [3.8, 4) is 0 Å². The second-order valence-electron chi connectivity index (χ2n) is 6.51. The van der Waals surface area contributed by atoms with Crippen molar-refractivity contribution in [2.45, 2.75) is 58.9 Å². The molecule has 2 saturated carbocycles. The number of nitrogens with one attached hydrogen (secondary N) is 1. The third-order valence-corrected chi connectivity index (χ3v) is 5.29. The summed E-state index contributed by atoms with van der Waals surface area (Å²) < 4.78 is 5.15. The molecule has 2 aliphatic rings. The highest BCUT2D eigenvalue weighted by atomic mass is 16.5. The molecule has 1 aromatic heterocycles. The van der Waals surface area contributed by atoms with Crippen LogP contribution in [0, 0.1) is 24.7 Å². The number of aromatic nitrogens is 1. The number of hydrogen-bond acceptors (Lipinski definition) is 3. The van der Waals surface area contributed by atoms with Gasteiger partial charge in [-0.05, 0) is 57.3 Å². The number of hydrogen-bond donors (Lipinski definition) is 1. The van der Waals surface area contributed by atoms with E-state index in [0.29, 0.717) is 17.2 Å². The zero-order valence-corrected chi connectivity index (χ0v) is 12.6. The molecular weight excluding hydrogens is 252 g/mol. The summed E-state index contributed by atoms with van der Waals surface area (Å²) in [6.07, 6.45) is 6.13. The molecule has 20 heavy (non-hydrogen) atoms. The molecule has 0 aliphatic heterocycles. The molecule has 0 saturated heterocycles. The van der Waals surface area contributed by atoms with E-state index in [2.05, 4.69) is 17.4 Å². The number of carbonyl (C=O) groups is 1. The lowest BCUT2D eigenvalue weighted by molar-refractivity contribution is 0.0913. The molecule has 0 spiro atoms. The van der Waals surface area contributed by atoms with Crippen molar-refractivity contribution in [3.05, 3.63) is 17.0 Å². The summed E-state index contributed by atoms with van der Waals surface area (Å²) >= 11 is 0. The Labute approximate surface area is 120 Å². The van der Waals surface area contributed by atoms with E-state index in [9.17, 15) is 4.79 Å². The van der Waals surface area contributed by atoms with E-state index < -0.39 is 0 Å². The van der Waals surface area contributed by atoms with E-state index in [4.69, 9.17) is 4.52 Å². The first-order chi connectivity index (χ1) is 9.60. The molecule has 2 aliphatic carbocycles. The normalized spacial score (nSPS) is 29.6. The van der Waals surface area contributed by atoms with Crippen LogP contribution in [0.25, 0.3) is 0 Å². The number of carbonyl (C=O) groups excluding carboxylic acids is 1. The van der Waals surface area contributed by atoms with Gasteiger partial charge in [0.05, 0.1) is 5.69 Å². The van der Waals surface area contributed by atoms with Gasteiger partial charge in [0.1, 0.15) is 11.3 Å². The maximum absolute atomic E-state index is 12.5. The summed E-state index contributed by atoms with van der Waals surface area (Å²) in [5.74, 6) is 3.00. The second kappa shape index (κ2) is 5.23. The molecule has 2 fully saturated rings. The van der Waals surface area contributed by atoms with Crippen LogP contribution in [0.1, 0.15) is 61.3 Å². The highest BCUT2D eigenvalue weighted by Gasteiger charge is 2.42. The molecule has 110 valence electrons. The minimum absolute atomic E-state index is 0.0177. The van der Waals surface area contributed by atoms with Gasteiger partial charge in [0.25, 0.3) is 5.91 Å². The third-order valence-electron chi connectivity index (χ3n) is 5.29. The number of rotatable bonds is 4. The van der Waals surface area contributed by atoms with Crippen LogP contribution in [-0.4, -0.2) is 17.1 Å². The molecule has 0 radical (unpaired) electrons. The first-order valence-corrected chi connectivity index (χ1v) is 7.86. The molecule has 1 N–H and O–H groups in total. The summed E-state index contributed by atoms with van der Waals surface area (Å²) in [5, 5.41) is 7.15. The lowest BCUT2D eigenvalue weighted by atomic mass is 9.84. The predicted octanol–water partition coefficient (Wildman–Crippen LogP) is 3.10. The quantitative estimate of drug-likeness (QED) is 0.919. The van der Waals surface area contributed by atoms with Gasteiger partial charge in [-0.1, -0.05) is 18.5 Å². The molecule has 0 aromatic carbocycles. The Hall–Kier alpha value is -1.32. The largest absolute Gasteiger partial charge is 0.361 e. The van der Waals surface area contributed by atoms with Crippen LogP contribution in [0.2, 0.25) is 0 Å². The fourth-order valence-electron chi connectivity index (χ4n) is 4.24. The summed E-state index contributed by atoms with van der Waals surface area (Å²) in [6, 6.07) is 0.247. The maximum Gasteiger partial charge on any atom is 0.257 e. The van der Waals surface area contributed by atoms with E-state index in [0.717, 1.165) is 24.0 Å². The minimum atomic E-state index is -0.0177. The first-order valence-electron chi connectivity index (χ1n) is 7.86. The fourth-order valence-corrected chi connectivity index (χ4v) is 4.24. The Bertz CT molecular complexity index is 509. The van der Waals surface area contributed by atoms with Crippen molar-refractivity contribution < 1.29 is 9.32 Å². The molecule has 0 unspecified atom stereocenters. The number of nitrogens with zero attached hydrogens (tertiary/aromatic N) is 1. The highest BCUT2D eigenvalue weighted by Crippen LogP contribution is 2.49. The smallest absolute Gasteiger partial charge is 0.257 e. The number of fused-ring (bicyclic) bond motifs is 2. The predicted molar refractivity (Wildman–Crippen MR) is 76.5 cm³/mol. The van der Waals surface area contributed by atoms with Gasteiger partial charge in [-0.3, -0.25) is 4.79 Å². The van der Waals surface area contributed by atoms with Crippen molar-refractivity contribution in [2.75, 3.05) is 0 Å². The average Bonchev–Trinajstić information content (AvgIpc) is 3.12. The molecule has 4 atom stereocenters.